The van der Waals surface area contributed by atoms with Crippen molar-refractivity contribution in [1.29, 1.82) is 0 Å². The fourth-order valence-corrected chi connectivity index (χ4v) is 5.43. The lowest BCUT2D eigenvalue weighted by atomic mass is 10.1. The lowest BCUT2D eigenvalue weighted by Gasteiger charge is -2.40. The zero-order valence-corrected chi connectivity index (χ0v) is 26.2. The summed E-state index contributed by atoms with van der Waals surface area (Å²) in [5.74, 6) is 1.16. The van der Waals surface area contributed by atoms with Crippen molar-refractivity contribution in [3.8, 4) is 11.4 Å². The Morgan fingerprint density at radius 2 is 1.65 bits per heavy atom. The number of aromatic amines is 1. The number of pyridine rings is 1. The minimum atomic E-state index is -1.01. The van der Waals surface area contributed by atoms with Crippen LogP contribution in [0.5, 0.6) is 0 Å². The molecule has 0 saturated heterocycles. The number of aliphatic hydroxyl groups is 1. The number of benzene rings is 2. The van der Waals surface area contributed by atoms with E-state index in [1.54, 1.807) is 54.4 Å². The first-order valence-corrected chi connectivity index (χ1v) is 15.5. The Morgan fingerprint density at radius 3 is 2.26 bits per heavy atom. The molecule has 12 nitrogen and oxygen atoms in total. The summed E-state index contributed by atoms with van der Waals surface area (Å²) in [6, 6.07) is 18.4. The minimum absolute atomic E-state index is 0.0717. The van der Waals surface area contributed by atoms with Crippen LogP contribution >= 0.6 is 0 Å². The molecule has 4 N–H and O–H groups in total. The predicted octanol–water partition coefficient (Wildman–Crippen LogP) is 3.83. The van der Waals surface area contributed by atoms with Crippen molar-refractivity contribution in [3.05, 3.63) is 94.8 Å². The lowest BCUT2D eigenvalue weighted by Crippen LogP contribution is -2.56. The maximum atomic E-state index is 13.2. The number of rotatable bonds is 11. The predicted molar refractivity (Wildman–Crippen MR) is 174 cm³/mol. The second-order valence-electron chi connectivity index (χ2n) is 11.8. The van der Waals surface area contributed by atoms with Crippen LogP contribution in [-0.2, 0) is 13.1 Å². The van der Waals surface area contributed by atoms with E-state index in [4.69, 9.17) is 0 Å². The minimum Gasteiger partial charge on any atom is -0.366 e. The molecule has 1 aliphatic carbocycles. The van der Waals surface area contributed by atoms with Gasteiger partial charge in [-0.3, -0.25) is 19.3 Å². The maximum Gasteiger partial charge on any atom is 0.277 e. The van der Waals surface area contributed by atoms with Gasteiger partial charge in [0.15, 0.2) is 5.82 Å². The van der Waals surface area contributed by atoms with Gasteiger partial charge in [0.1, 0.15) is 17.3 Å². The van der Waals surface area contributed by atoms with Crippen molar-refractivity contribution in [1.82, 2.24) is 30.1 Å². The number of H-pyrrole nitrogens is 1. The molecule has 0 spiro atoms. The summed E-state index contributed by atoms with van der Waals surface area (Å²) in [5.41, 5.74) is 4.18. The SMILES string of the molecule is CCCN1c2nc(-c3ccc(NCc4ccc(CNC(=O)c5ccc(C(=O)N(C)C)cc5)cc4)nc3)[nH]c2C(=O)N(C2CC2)C1O. The zero-order valence-electron chi connectivity index (χ0n) is 26.2. The van der Waals surface area contributed by atoms with Crippen LogP contribution in [0.2, 0.25) is 0 Å². The number of aromatic nitrogens is 3. The molecule has 4 aromatic rings. The molecule has 1 fully saturated rings. The molecule has 3 amide bonds. The fourth-order valence-electron chi connectivity index (χ4n) is 5.43. The molecule has 2 aromatic heterocycles. The first kappa shape index (κ1) is 30.8. The Balaban J connectivity index is 1.03. The quantitative estimate of drug-likeness (QED) is 0.197. The summed E-state index contributed by atoms with van der Waals surface area (Å²) in [6.45, 7) is 3.55. The third kappa shape index (κ3) is 6.43. The maximum absolute atomic E-state index is 13.2. The van der Waals surface area contributed by atoms with Crippen LogP contribution in [0.15, 0.2) is 66.9 Å². The molecule has 1 aliphatic heterocycles. The van der Waals surface area contributed by atoms with Crippen LogP contribution in [0.25, 0.3) is 11.4 Å². The molecule has 1 atom stereocenters. The highest BCUT2D eigenvalue weighted by Crippen LogP contribution is 2.37. The average molecular weight is 623 g/mol. The summed E-state index contributed by atoms with van der Waals surface area (Å²) in [7, 11) is 3.38. The molecule has 2 aromatic carbocycles. The number of aliphatic hydroxyl groups excluding tert-OH is 1. The molecular weight excluding hydrogens is 584 g/mol. The summed E-state index contributed by atoms with van der Waals surface area (Å²) in [4.78, 5) is 55.1. The van der Waals surface area contributed by atoms with E-state index in [1.165, 1.54) is 4.90 Å². The van der Waals surface area contributed by atoms with Crippen LogP contribution in [-0.4, -0.2) is 80.6 Å². The van der Waals surface area contributed by atoms with Gasteiger partial charge in [0, 0.05) is 62.7 Å². The molecule has 0 radical (unpaired) electrons. The van der Waals surface area contributed by atoms with Crippen molar-refractivity contribution in [2.45, 2.75) is 51.7 Å². The number of imidazole rings is 1. The average Bonchev–Trinajstić information content (AvgIpc) is 3.81. The second-order valence-corrected chi connectivity index (χ2v) is 11.8. The van der Waals surface area contributed by atoms with Crippen molar-refractivity contribution in [3.63, 3.8) is 0 Å². The van der Waals surface area contributed by atoms with Crippen LogP contribution in [0, 0.1) is 0 Å². The van der Waals surface area contributed by atoms with Crippen molar-refractivity contribution in [2.75, 3.05) is 30.9 Å². The van der Waals surface area contributed by atoms with Gasteiger partial charge < -0.3 is 30.5 Å². The number of anilines is 2. The first-order chi connectivity index (χ1) is 22.2. The van der Waals surface area contributed by atoms with Crippen molar-refractivity contribution < 1.29 is 19.5 Å². The Bertz CT molecular complexity index is 1710. The molecule has 3 heterocycles. The summed E-state index contributed by atoms with van der Waals surface area (Å²) < 4.78 is 0. The summed E-state index contributed by atoms with van der Waals surface area (Å²) >= 11 is 0. The number of carbonyl (C=O) groups is 3. The summed E-state index contributed by atoms with van der Waals surface area (Å²) in [6.07, 6.45) is 3.31. The molecule has 1 saturated carbocycles. The third-order valence-electron chi connectivity index (χ3n) is 8.12. The van der Waals surface area contributed by atoms with Gasteiger partial charge in [-0.15, -0.1) is 0 Å². The Hall–Kier alpha value is -5.23. The Labute approximate surface area is 267 Å². The summed E-state index contributed by atoms with van der Waals surface area (Å²) in [5, 5.41) is 17.2. The number of fused-ring (bicyclic) bond motifs is 1. The van der Waals surface area contributed by atoms with E-state index in [2.05, 4.69) is 25.6 Å². The third-order valence-corrected chi connectivity index (χ3v) is 8.12. The Morgan fingerprint density at radius 1 is 0.978 bits per heavy atom. The molecule has 2 aliphatic rings. The number of carbonyl (C=O) groups excluding carboxylic acids is 3. The monoisotopic (exact) mass is 622 g/mol. The van der Waals surface area contributed by atoms with Crippen LogP contribution in [0.4, 0.5) is 11.6 Å². The number of hydrogen-bond acceptors (Lipinski definition) is 8. The van der Waals surface area contributed by atoms with Crippen molar-refractivity contribution >= 4 is 29.4 Å². The molecule has 238 valence electrons. The van der Waals surface area contributed by atoms with Gasteiger partial charge in [0.2, 0.25) is 6.35 Å². The number of nitrogens with zero attached hydrogens (tertiary/aromatic N) is 5. The molecular formula is C34H38N8O4. The van der Waals surface area contributed by atoms with Gasteiger partial charge in [0.25, 0.3) is 17.7 Å². The second kappa shape index (κ2) is 13.0. The van der Waals surface area contributed by atoms with Crippen molar-refractivity contribution in [2.24, 2.45) is 0 Å². The van der Waals surface area contributed by atoms with Gasteiger partial charge in [-0.25, -0.2) is 9.97 Å². The molecule has 1 unspecified atom stereocenters. The largest absolute Gasteiger partial charge is 0.366 e. The Kier molecular flexibility index (Phi) is 8.71. The molecule has 12 heteroatoms. The topological polar surface area (TPSA) is 147 Å². The van der Waals surface area contributed by atoms with E-state index in [-0.39, 0.29) is 23.8 Å². The first-order valence-electron chi connectivity index (χ1n) is 15.5. The van der Waals surface area contributed by atoms with E-state index in [1.807, 2.05) is 43.3 Å². The zero-order chi connectivity index (χ0) is 32.4. The smallest absolute Gasteiger partial charge is 0.277 e. The van der Waals surface area contributed by atoms with E-state index >= 15 is 0 Å². The molecule has 46 heavy (non-hydrogen) atoms. The standard InChI is InChI=1S/C34H38N8O4/c1-4-17-41-30-28(33(45)42(34(41)46)26-14-15-26)38-29(39-30)25-13-16-27(36-20-25)35-18-21-5-7-22(8-6-21)19-37-31(43)23-9-11-24(12-10-23)32(44)40(2)3/h5-13,16,20,26,34,46H,4,14-15,17-19H2,1-3H3,(H,35,36)(H,37,43)(H,38,39). The van der Waals surface area contributed by atoms with E-state index in [0.717, 1.165) is 36.0 Å². The van der Waals surface area contributed by atoms with E-state index in [0.29, 0.717) is 53.9 Å². The highest BCUT2D eigenvalue weighted by molar-refractivity contribution is 6.00. The van der Waals surface area contributed by atoms with Gasteiger partial charge in [0.05, 0.1) is 0 Å². The number of amides is 3. The van der Waals surface area contributed by atoms with Gasteiger partial charge >= 0.3 is 0 Å². The van der Waals surface area contributed by atoms with Gasteiger partial charge in [-0.1, -0.05) is 31.2 Å². The van der Waals surface area contributed by atoms with Crippen LogP contribution < -0.4 is 15.5 Å². The van der Waals surface area contributed by atoms with E-state index in [9.17, 15) is 19.5 Å². The van der Waals surface area contributed by atoms with Crippen LogP contribution in [0.3, 0.4) is 0 Å². The van der Waals surface area contributed by atoms with Crippen LogP contribution in [0.1, 0.15) is 68.5 Å². The highest BCUT2D eigenvalue weighted by atomic mass is 16.3. The fraction of sp³-hybridized carbons (Fsp3) is 0.324. The lowest BCUT2D eigenvalue weighted by molar-refractivity contribution is -0.00313. The number of hydrogen-bond donors (Lipinski definition) is 4. The number of nitrogens with one attached hydrogen (secondary N) is 3. The van der Waals surface area contributed by atoms with Gasteiger partial charge in [-0.2, -0.15) is 0 Å². The molecule has 6 rings (SSSR count). The highest BCUT2D eigenvalue weighted by Gasteiger charge is 2.45. The molecule has 0 bridgehead atoms. The van der Waals surface area contributed by atoms with E-state index < -0.39 is 6.35 Å². The normalized spacial score (nSPS) is 15.8. The van der Waals surface area contributed by atoms with Gasteiger partial charge in [-0.05, 0) is 66.8 Å².